The van der Waals surface area contributed by atoms with Gasteiger partial charge >= 0.3 is 6.09 Å². The van der Waals surface area contributed by atoms with E-state index in [0.29, 0.717) is 26.3 Å². The number of benzene rings is 1. The molecule has 0 aliphatic carbocycles. The number of nitrogens with one attached hydrogen (secondary N) is 1. The van der Waals surface area contributed by atoms with Crippen LogP contribution < -0.4 is 10.1 Å². The highest BCUT2D eigenvalue weighted by Gasteiger charge is 2.29. The molecule has 1 saturated heterocycles. The van der Waals surface area contributed by atoms with Crippen molar-refractivity contribution >= 4 is 17.7 Å². The zero-order valence-electron chi connectivity index (χ0n) is 13.7. The number of rotatable bonds is 5. The largest absolute Gasteiger partial charge is 0.494 e. The third-order valence-corrected chi connectivity index (χ3v) is 3.75. The van der Waals surface area contributed by atoms with Crippen LogP contribution in [0.5, 0.6) is 5.75 Å². The minimum atomic E-state index is -0.342. The smallest absolute Gasteiger partial charge is 0.409 e. The molecule has 23 heavy (non-hydrogen) atoms. The summed E-state index contributed by atoms with van der Waals surface area (Å²) in [4.78, 5) is 25.8. The molecule has 1 atom stereocenters. The van der Waals surface area contributed by atoms with E-state index in [1.807, 2.05) is 31.2 Å². The number of carbonyl (C=O) groups excluding carboxylic acids is 2. The highest BCUT2D eigenvalue weighted by atomic mass is 16.6. The third kappa shape index (κ3) is 4.87. The van der Waals surface area contributed by atoms with Crippen molar-refractivity contribution in [2.75, 3.05) is 31.6 Å². The Morgan fingerprint density at radius 2 is 1.96 bits per heavy atom. The Labute approximate surface area is 136 Å². The summed E-state index contributed by atoms with van der Waals surface area (Å²) in [7, 11) is 0. The average molecular weight is 320 g/mol. The van der Waals surface area contributed by atoms with E-state index in [9.17, 15) is 9.59 Å². The van der Waals surface area contributed by atoms with Crippen molar-refractivity contribution in [2.45, 2.75) is 26.7 Å². The molecule has 1 fully saturated rings. The maximum absolute atomic E-state index is 12.4. The van der Waals surface area contributed by atoms with E-state index < -0.39 is 0 Å². The number of hydrogen-bond acceptors (Lipinski definition) is 4. The first kappa shape index (κ1) is 17.1. The van der Waals surface area contributed by atoms with Crippen LogP contribution in [0.25, 0.3) is 0 Å². The molecule has 1 aromatic carbocycles. The zero-order chi connectivity index (χ0) is 16.7. The van der Waals surface area contributed by atoms with Crippen molar-refractivity contribution in [2.24, 2.45) is 5.92 Å². The fourth-order valence-corrected chi connectivity index (χ4v) is 2.62. The first-order valence-electron chi connectivity index (χ1n) is 8.09. The van der Waals surface area contributed by atoms with Crippen LogP contribution in [0.2, 0.25) is 0 Å². The predicted octanol–water partition coefficient (Wildman–Crippen LogP) is 2.89. The van der Waals surface area contributed by atoms with E-state index in [-0.39, 0.29) is 17.9 Å². The minimum Gasteiger partial charge on any atom is -0.494 e. The molecule has 0 bridgehead atoms. The number of hydrogen-bond donors (Lipinski definition) is 1. The van der Waals surface area contributed by atoms with Crippen LogP contribution in [0.4, 0.5) is 10.5 Å². The summed E-state index contributed by atoms with van der Waals surface area (Å²) in [5.74, 6) is 0.500. The third-order valence-electron chi connectivity index (χ3n) is 3.75. The first-order chi connectivity index (χ1) is 11.1. The Balaban J connectivity index is 1.90. The van der Waals surface area contributed by atoms with E-state index in [1.165, 1.54) is 0 Å². The molecule has 1 aliphatic rings. The highest BCUT2D eigenvalue weighted by Crippen LogP contribution is 2.21. The number of nitrogens with zero attached hydrogens (tertiary/aromatic N) is 1. The Kier molecular flexibility index (Phi) is 6.26. The van der Waals surface area contributed by atoms with E-state index >= 15 is 0 Å². The molecule has 0 aromatic heterocycles. The van der Waals surface area contributed by atoms with Gasteiger partial charge in [-0.25, -0.2) is 4.79 Å². The van der Waals surface area contributed by atoms with Gasteiger partial charge in [-0.2, -0.15) is 0 Å². The van der Waals surface area contributed by atoms with Crippen LogP contribution in [0.1, 0.15) is 26.7 Å². The zero-order valence-corrected chi connectivity index (χ0v) is 13.7. The summed E-state index contributed by atoms with van der Waals surface area (Å²) in [5.41, 5.74) is 0.728. The number of ether oxygens (including phenoxy) is 2. The number of piperidine rings is 1. The molecule has 1 heterocycles. The molecule has 1 aromatic rings. The van der Waals surface area contributed by atoms with Crippen LogP contribution in [-0.4, -0.2) is 43.2 Å². The van der Waals surface area contributed by atoms with Crippen LogP contribution in [0.3, 0.4) is 0 Å². The van der Waals surface area contributed by atoms with Gasteiger partial charge in [-0.05, 0) is 51.0 Å². The van der Waals surface area contributed by atoms with Crippen molar-refractivity contribution in [3.63, 3.8) is 0 Å². The van der Waals surface area contributed by atoms with Crippen molar-refractivity contribution in [1.82, 2.24) is 4.90 Å². The van der Waals surface area contributed by atoms with Gasteiger partial charge in [0.15, 0.2) is 0 Å². The lowest BCUT2D eigenvalue weighted by atomic mass is 9.97. The number of likely N-dealkylation sites (tertiary alicyclic amines) is 1. The van der Waals surface area contributed by atoms with Crippen molar-refractivity contribution in [3.8, 4) is 5.75 Å². The van der Waals surface area contributed by atoms with Crippen LogP contribution in [0, 0.1) is 5.92 Å². The van der Waals surface area contributed by atoms with Gasteiger partial charge in [0.1, 0.15) is 5.75 Å². The van der Waals surface area contributed by atoms with E-state index in [0.717, 1.165) is 24.3 Å². The Hall–Kier alpha value is -2.24. The molecular weight excluding hydrogens is 296 g/mol. The second-order valence-corrected chi connectivity index (χ2v) is 5.43. The fraction of sp³-hybridized carbons (Fsp3) is 0.529. The summed E-state index contributed by atoms with van der Waals surface area (Å²) in [6.07, 6.45) is 1.24. The predicted molar refractivity (Wildman–Crippen MR) is 87.6 cm³/mol. The quantitative estimate of drug-likeness (QED) is 0.906. The van der Waals surface area contributed by atoms with Gasteiger partial charge in [0.25, 0.3) is 0 Å². The molecule has 1 N–H and O–H groups in total. The summed E-state index contributed by atoms with van der Waals surface area (Å²) in [6, 6.07) is 7.28. The van der Waals surface area contributed by atoms with E-state index in [2.05, 4.69) is 5.32 Å². The van der Waals surface area contributed by atoms with Crippen LogP contribution in [-0.2, 0) is 9.53 Å². The van der Waals surface area contributed by atoms with Crippen molar-refractivity contribution in [3.05, 3.63) is 24.3 Å². The van der Waals surface area contributed by atoms with E-state index in [4.69, 9.17) is 9.47 Å². The topological polar surface area (TPSA) is 67.9 Å². The van der Waals surface area contributed by atoms with Crippen LogP contribution >= 0.6 is 0 Å². The standard InChI is InChI=1S/C17H24N2O4/c1-3-22-15-9-7-14(8-10-15)18-16(20)13-6-5-11-19(12-13)17(21)23-4-2/h7-10,13H,3-6,11-12H2,1-2H3,(H,18,20). The molecule has 1 unspecified atom stereocenters. The Bertz CT molecular complexity index is 530. The number of amides is 2. The van der Waals surface area contributed by atoms with Gasteiger partial charge in [-0.15, -0.1) is 0 Å². The average Bonchev–Trinajstić information content (AvgIpc) is 2.57. The lowest BCUT2D eigenvalue weighted by Crippen LogP contribution is -2.44. The number of carbonyl (C=O) groups is 2. The molecule has 6 nitrogen and oxygen atoms in total. The SMILES string of the molecule is CCOC(=O)N1CCCC(C(=O)Nc2ccc(OCC)cc2)C1. The van der Waals surface area contributed by atoms with Crippen molar-refractivity contribution in [1.29, 1.82) is 0 Å². The van der Waals surface area contributed by atoms with Gasteiger partial charge in [-0.1, -0.05) is 0 Å². The molecule has 0 saturated carbocycles. The summed E-state index contributed by atoms with van der Waals surface area (Å²) in [5, 5.41) is 2.90. The molecule has 2 amide bonds. The van der Waals surface area contributed by atoms with Gasteiger partial charge in [0.05, 0.1) is 19.1 Å². The Morgan fingerprint density at radius 3 is 2.61 bits per heavy atom. The van der Waals surface area contributed by atoms with Gasteiger partial charge < -0.3 is 19.7 Å². The maximum atomic E-state index is 12.4. The molecule has 2 rings (SSSR count). The lowest BCUT2D eigenvalue weighted by molar-refractivity contribution is -0.121. The molecule has 126 valence electrons. The molecule has 1 aliphatic heterocycles. The second kappa shape index (κ2) is 8.41. The Morgan fingerprint density at radius 1 is 1.22 bits per heavy atom. The molecular formula is C17H24N2O4. The summed E-state index contributed by atoms with van der Waals surface area (Å²) in [6.45, 7) is 5.70. The summed E-state index contributed by atoms with van der Waals surface area (Å²) < 4.78 is 10.4. The molecule has 0 spiro atoms. The first-order valence-corrected chi connectivity index (χ1v) is 8.09. The molecule has 6 heteroatoms. The van der Waals surface area contributed by atoms with E-state index in [1.54, 1.807) is 11.8 Å². The monoisotopic (exact) mass is 320 g/mol. The van der Waals surface area contributed by atoms with Crippen LogP contribution in [0.15, 0.2) is 24.3 Å². The van der Waals surface area contributed by atoms with Crippen molar-refractivity contribution < 1.29 is 19.1 Å². The normalized spacial score (nSPS) is 17.5. The van der Waals surface area contributed by atoms with Gasteiger partial charge in [-0.3, -0.25) is 4.79 Å². The van der Waals surface area contributed by atoms with Gasteiger partial charge in [0, 0.05) is 18.8 Å². The summed E-state index contributed by atoms with van der Waals surface area (Å²) >= 11 is 0. The second-order valence-electron chi connectivity index (χ2n) is 5.43. The fourth-order valence-electron chi connectivity index (χ4n) is 2.62. The minimum absolute atomic E-state index is 0.0665. The highest BCUT2D eigenvalue weighted by molar-refractivity contribution is 5.93. The number of anilines is 1. The maximum Gasteiger partial charge on any atom is 0.409 e. The lowest BCUT2D eigenvalue weighted by Gasteiger charge is -2.31. The van der Waals surface area contributed by atoms with Gasteiger partial charge in [0.2, 0.25) is 5.91 Å². The molecule has 0 radical (unpaired) electrons.